The molecule has 0 unspecified atom stereocenters. The highest BCUT2D eigenvalue weighted by Crippen LogP contribution is 2.25. The molecule has 0 aliphatic heterocycles. The third-order valence-corrected chi connectivity index (χ3v) is 2.73. The maximum absolute atomic E-state index is 9.54. The smallest absolute Gasteiger partial charge is 0.116 e. The summed E-state index contributed by atoms with van der Waals surface area (Å²) in [5.41, 5.74) is 1.08. The molecule has 0 aliphatic carbocycles. The number of aromatic nitrogens is 1. The summed E-state index contributed by atoms with van der Waals surface area (Å²) >= 11 is 0. The molecule has 0 radical (unpaired) electrons. The number of rotatable bonds is 1. The Balaban J connectivity index is 2.36. The van der Waals surface area contributed by atoms with Crippen LogP contribution in [0.1, 0.15) is 0 Å². The van der Waals surface area contributed by atoms with Crippen molar-refractivity contribution >= 4 is 10.8 Å². The molecule has 0 amide bonds. The van der Waals surface area contributed by atoms with E-state index < -0.39 is 0 Å². The van der Waals surface area contributed by atoms with Gasteiger partial charge in [0.05, 0.1) is 5.69 Å². The first-order valence-corrected chi connectivity index (χ1v) is 5.20. The summed E-state index contributed by atoms with van der Waals surface area (Å²) in [5, 5.41) is 11.7. The average Bonchev–Trinajstić information content (AvgIpc) is 2.81. The number of phenols is 1. The minimum atomic E-state index is 0.298. The molecule has 16 heavy (non-hydrogen) atoms. The van der Waals surface area contributed by atoms with E-state index in [9.17, 15) is 5.11 Å². The van der Waals surface area contributed by atoms with Crippen LogP contribution < -0.4 is 0 Å². The fraction of sp³-hybridized carbons (Fsp3) is 0. The molecule has 0 saturated carbocycles. The first-order valence-electron chi connectivity index (χ1n) is 5.20. The lowest BCUT2D eigenvalue weighted by Gasteiger charge is -2.07. The van der Waals surface area contributed by atoms with E-state index in [-0.39, 0.29) is 0 Å². The third-order valence-electron chi connectivity index (χ3n) is 2.73. The summed E-state index contributed by atoms with van der Waals surface area (Å²) in [4.78, 5) is 0. The number of aromatic hydroxyl groups is 1. The second-order valence-electron chi connectivity index (χ2n) is 3.77. The molecule has 0 atom stereocenters. The van der Waals surface area contributed by atoms with Crippen molar-refractivity contribution < 1.29 is 5.11 Å². The summed E-state index contributed by atoms with van der Waals surface area (Å²) in [6.45, 7) is 0. The van der Waals surface area contributed by atoms with E-state index in [0.29, 0.717) is 5.75 Å². The van der Waals surface area contributed by atoms with Gasteiger partial charge in [0.2, 0.25) is 0 Å². The molecule has 1 heterocycles. The quantitative estimate of drug-likeness (QED) is 0.653. The van der Waals surface area contributed by atoms with Gasteiger partial charge in [-0.25, -0.2) is 0 Å². The van der Waals surface area contributed by atoms with Gasteiger partial charge in [0.25, 0.3) is 0 Å². The van der Waals surface area contributed by atoms with Crippen molar-refractivity contribution in [3.05, 3.63) is 60.9 Å². The van der Waals surface area contributed by atoms with Crippen LogP contribution in [0.15, 0.2) is 60.9 Å². The highest BCUT2D eigenvalue weighted by Gasteiger charge is 2.02. The first kappa shape index (κ1) is 9.04. The van der Waals surface area contributed by atoms with Gasteiger partial charge in [-0.1, -0.05) is 18.2 Å². The average molecular weight is 209 g/mol. The number of phenolic OH excluding ortho intramolecular Hbond substituents is 1. The van der Waals surface area contributed by atoms with E-state index in [0.717, 1.165) is 16.5 Å². The summed E-state index contributed by atoms with van der Waals surface area (Å²) in [5.74, 6) is 0.298. The second-order valence-corrected chi connectivity index (χ2v) is 3.77. The third kappa shape index (κ3) is 1.36. The van der Waals surface area contributed by atoms with Crippen molar-refractivity contribution in [1.82, 2.24) is 4.57 Å². The van der Waals surface area contributed by atoms with E-state index in [1.807, 2.05) is 53.4 Å². The zero-order chi connectivity index (χ0) is 11.0. The van der Waals surface area contributed by atoms with Crippen LogP contribution in [0, 0.1) is 0 Å². The van der Waals surface area contributed by atoms with E-state index in [4.69, 9.17) is 0 Å². The van der Waals surface area contributed by atoms with Gasteiger partial charge in [0.15, 0.2) is 0 Å². The molecular weight excluding hydrogens is 198 g/mol. The van der Waals surface area contributed by atoms with Crippen LogP contribution in [0.3, 0.4) is 0 Å². The van der Waals surface area contributed by atoms with Crippen LogP contribution in [0.2, 0.25) is 0 Å². The van der Waals surface area contributed by atoms with Crippen LogP contribution in [-0.4, -0.2) is 9.67 Å². The Morgan fingerprint density at radius 3 is 2.50 bits per heavy atom. The molecule has 0 spiro atoms. The number of hydrogen-bond acceptors (Lipinski definition) is 1. The van der Waals surface area contributed by atoms with Gasteiger partial charge in [0.1, 0.15) is 5.75 Å². The van der Waals surface area contributed by atoms with Crippen molar-refractivity contribution in [3.63, 3.8) is 0 Å². The van der Waals surface area contributed by atoms with E-state index in [2.05, 4.69) is 0 Å². The monoisotopic (exact) mass is 209 g/mol. The SMILES string of the molecule is Oc1ccc2cccc(-n3cccc3)c2c1. The molecule has 3 rings (SSSR count). The molecule has 2 aromatic carbocycles. The lowest BCUT2D eigenvalue weighted by molar-refractivity contribution is 0.476. The predicted molar refractivity (Wildman–Crippen MR) is 64.9 cm³/mol. The lowest BCUT2D eigenvalue weighted by Crippen LogP contribution is -1.90. The Morgan fingerprint density at radius 1 is 0.875 bits per heavy atom. The van der Waals surface area contributed by atoms with Crippen molar-refractivity contribution in [2.45, 2.75) is 0 Å². The van der Waals surface area contributed by atoms with Gasteiger partial charge < -0.3 is 9.67 Å². The summed E-state index contributed by atoms with van der Waals surface area (Å²) in [7, 11) is 0. The molecule has 2 heteroatoms. The van der Waals surface area contributed by atoms with Gasteiger partial charge in [-0.15, -0.1) is 0 Å². The molecule has 0 bridgehead atoms. The minimum Gasteiger partial charge on any atom is -0.508 e. The fourth-order valence-corrected chi connectivity index (χ4v) is 1.96. The Hall–Kier alpha value is -2.22. The number of benzene rings is 2. The Labute approximate surface area is 93.4 Å². The van der Waals surface area contributed by atoms with Crippen LogP contribution in [-0.2, 0) is 0 Å². The van der Waals surface area contributed by atoms with E-state index >= 15 is 0 Å². The van der Waals surface area contributed by atoms with Gasteiger partial charge in [-0.3, -0.25) is 0 Å². The van der Waals surface area contributed by atoms with Gasteiger partial charge >= 0.3 is 0 Å². The molecule has 0 fully saturated rings. The number of hydrogen-bond donors (Lipinski definition) is 1. The van der Waals surface area contributed by atoms with E-state index in [1.165, 1.54) is 0 Å². The molecule has 1 aromatic heterocycles. The second kappa shape index (κ2) is 3.42. The van der Waals surface area contributed by atoms with Crippen molar-refractivity contribution in [2.75, 3.05) is 0 Å². The Bertz CT molecular complexity index is 626. The normalized spacial score (nSPS) is 10.8. The minimum absolute atomic E-state index is 0.298. The highest BCUT2D eigenvalue weighted by molar-refractivity contribution is 5.91. The summed E-state index contributed by atoms with van der Waals surface area (Å²) in [6.07, 6.45) is 4.00. The molecule has 0 saturated heterocycles. The summed E-state index contributed by atoms with van der Waals surface area (Å²) < 4.78 is 2.04. The fourth-order valence-electron chi connectivity index (χ4n) is 1.96. The first-order chi connectivity index (χ1) is 7.84. The standard InChI is InChI=1S/C14H11NO/c16-12-7-6-11-4-3-5-14(13(11)10-12)15-8-1-2-9-15/h1-10,16H. The van der Waals surface area contributed by atoms with Crippen LogP contribution in [0.5, 0.6) is 5.75 Å². The van der Waals surface area contributed by atoms with Crippen molar-refractivity contribution in [3.8, 4) is 11.4 Å². The van der Waals surface area contributed by atoms with Crippen LogP contribution in [0.25, 0.3) is 16.5 Å². The maximum atomic E-state index is 9.54. The van der Waals surface area contributed by atoms with Crippen LogP contribution in [0.4, 0.5) is 0 Å². The topological polar surface area (TPSA) is 25.2 Å². The maximum Gasteiger partial charge on any atom is 0.116 e. The molecule has 3 aromatic rings. The Morgan fingerprint density at radius 2 is 1.69 bits per heavy atom. The molecular formula is C14H11NO. The predicted octanol–water partition coefficient (Wildman–Crippen LogP) is 3.34. The number of nitrogens with zero attached hydrogens (tertiary/aromatic N) is 1. The molecule has 0 aliphatic rings. The highest BCUT2D eigenvalue weighted by atomic mass is 16.3. The lowest BCUT2D eigenvalue weighted by atomic mass is 10.1. The van der Waals surface area contributed by atoms with Gasteiger partial charge in [0, 0.05) is 17.8 Å². The van der Waals surface area contributed by atoms with Crippen molar-refractivity contribution in [1.29, 1.82) is 0 Å². The van der Waals surface area contributed by atoms with E-state index in [1.54, 1.807) is 12.1 Å². The molecule has 2 nitrogen and oxygen atoms in total. The summed E-state index contributed by atoms with van der Waals surface area (Å²) in [6, 6.07) is 15.5. The molecule has 78 valence electrons. The van der Waals surface area contributed by atoms with Gasteiger partial charge in [-0.2, -0.15) is 0 Å². The zero-order valence-corrected chi connectivity index (χ0v) is 8.67. The van der Waals surface area contributed by atoms with Crippen molar-refractivity contribution in [2.24, 2.45) is 0 Å². The van der Waals surface area contributed by atoms with Crippen LogP contribution >= 0.6 is 0 Å². The van der Waals surface area contributed by atoms with Gasteiger partial charge in [-0.05, 0) is 35.7 Å². The Kier molecular flexibility index (Phi) is 1.93. The largest absolute Gasteiger partial charge is 0.508 e. The zero-order valence-electron chi connectivity index (χ0n) is 8.67. The number of fused-ring (bicyclic) bond motifs is 1. The molecule has 1 N–H and O–H groups in total.